The zero-order chi connectivity index (χ0) is 13.2. The Labute approximate surface area is 107 Å². The topological polar surface area (TPSA) is 87.0 Å². The molecule has 1 aromatic heterocycles. The van der Waals surface area contributed by atoms with Gasteiger partial charge < -0.3 is 16.0 Å². The van der Waals surface area contributed by atoms with E-state index in [-0.39, 0.29) is 11.3 Å². The number of hydrogen-bond donors (Lipinski definition) is 3. The highest BCUT2D eigenvalue weighted by Crippen LogP contribution is 2.29. The van der Waals surface area contributed by atoms with Crippen molar-refractivity contribution in [1.29, 1.82) is 0 Å². The Morgan fingerprint density at radius 3 is 2.83 bits per heavy atom. The fourth-order valence-corrected chi connectivity index (χ4v) is 2.18. The lowest BCUT2D eigenvalue weighted by molar-refractivity contribution is 0.0887. The van der Waals surface area contributed by atoms with Gasteiger partial charge in [-0.25, -0.2) is 0 Å². The molecule has 0 unspecified atom stereocenters. The van der Waals surface area contributed by atoms with Gasteiger partial charge >= 0.3 is 0 Å². The molecule has 1 fully saturated rings. The number of nitrogens with two attached hydrogens (primary N) is 1. The first-order chi connectivity index (χ1) is 8.48. The third-order valence-corrected chi connectivity index (χ3v) is 3.71. The number of amides is 1. The van der Waals surface area contributed by atoms with Gasteiger partial charge in [-0.3, -0.25) is 9.89 Å². The fourth-order valence-electron chi connectivity index (χ4n) is 2.18. The summed E-state index contributed by atoms with van der Waals surface area (Å²) < 4.78 is 0. The van der Waals surface area contributed by atoms with Crippen LogP contribution >= 0.6 is 0 Å². The van der Waals surface area contributed by atoms with Crippen molar-refractivity contribution in [1.82, 2.24) is 20.4 Å². The summed E-state index contributed by atoms with van der Waals surface area (Å²) in [6, 6.07) is 1.55. The van der Waals surface area contributed by atoms with Gasteiger partial charge in [0.15, 0.2) is 0 Å². The van der Waals surface area contributed by atoms with Gasteiger partial charge in [0, 0.05) is 12.6 Å². The van der Waals surface area contributed by atoms with Gasteiger partial charge in [0.1, 0.15) is 11.5 Å². The van der Waals surface area contributed by atoms with Crippen molar-refractivity contribution in [3.05, 3.63) is 11.8 Å². The van der Waals surface area contributed by atoms with Crippen LogP contribution in [0.5, 0.6) is 0 Å². The van der Waals surface area contributed by atoms with Crippen molar-refractivity contribution >= 4 is 11.7 Å². The lowest BCUT2D eigenvalue weighted by atomic mass is 9.80. The molecule has 0 aliphatic carbocycles. The van der Waals surface area contributed by atoms with Crippen LogP contribution in [0, 0.1) is 5.41 Å². The Bertz CT molecular complexity index is 420. The lowest BCUT2D eigenvalue weighted by Gasteiger charge is -2.37. The van der Waals surface area contributed by atoms with Gasteiger partial charge in [-0.1, -0.05) is 6.92 Å². The van der Waals surface area contributed by atoms with Gasteiger partial charge in [0.05, 0.1) is 0 Å². The molecule has 0 atom stereocenters. The molecule has 6 heteroatoms. The van der Waals surface area contributed by atoms with Gasteiger partial charge in [0.25, 0.3) is 5.91 Å². The van der Waals surface area contributed by atoms with Crippen LogP contribution in [-0.4, -0.2) is 47.7 Å². The van der Waals surface area contributed by atoms with E-state index < -0.39 is 0 Å². The van der Waals surface area contributed by atoms with Crippen molar-refractivity contribution < 1.29 is 4.79 Å². The molecular formula is C12H21N5O. The first kappa shape index (κ1) is 12.9. The molecule has 0 spiro atoms. The number of anilines is 1. The summed E-state index contributed by atoms with van der Waals surface area (Å²) in [5.41, 5.74) is 6.08. The highest BCUT2D eigenvalue weighted by molar-refractivity contribution is 5.92. The summed E-state index contributed by atoms with van der Waals surface area (Å²) >= 11 is 0. The van der Waals surface area contributed by atoms with Crippen molar-refractivity contribution in [3.8, 4) is 0 Å². The number of carbonyl (C=O) groups excluding carboxylic acids is 1. The summed E-state index contributed by atoms with van der Waals surface area (Å²) in [6.07, 6.45) is 2.21. The second-order valence-corrected chi connectivity index (χ2v) is 5.50. The Morgan fingerprint density at radius 2 is 2.28 bits per heavy atom. The minimum atomic E-state index is -0.139. The molecule has 0 radical (unpaired) electrons. The monoisotopic (exact) mass is 251 g/mol. The molecule has 1 aromatic rings. The van der Waals surface area contributed by atoms with E-state index in [4.69, 9.17) is 5.73 Å². The molecule has 6 nitrogen and oxygen atoms in total. The number of nitrogen functional groups attached to an aromatic ring is 1. The minimum absolute atomic E-state index is 0.139. The van der Waals surface area contributed by atoms with E-state index in [1.54, 1.807) is 6.07 Å². The molecule has 0 bridgehead atoms. The van der Waals surface area contributed by atoms with Crippen LogP contribution in [0.2, 0.25) is 0 Å². The average molecular weight is 251 g/mol. The van der Waals surface area contributed by atoms with Crippen LogP contribution in [0.25, 0.3) is 0 Å². The molecule has 1 aliphatic heterocycles. The highest BCUT2D eigenvalue weighted by atomic mass is 16.1. The van der Waals surface area contributed by atoms with Crippen LogP contribution < -0.4 is 11.1 Å². The molecule has 100 valence electrons. The lowest BCUT2D eigenvalue weighted by Crippen LogP contribution is -2.43. The molecule has 0 saturated carbocycles. The van der Waals surface area contributed by atoms with E-state index in [9.17, 15) is 4.79 Å². The summed E-state index contributed by atoms with van der Waals surface area (Å²) in [7, 11) is 2.13. The smallest absolute Gasteiger partial charge is 0.269 e. The summed E-state index contributed by atoms with van der Waals surface area (Å²) in [5.74, 6) is 0.199. The SMILES string of the molecule is CN1CCC(C)(CNC(=O)c2cc(N)n[nH]2)CC1. The number of carbonyl (C=O) groups is 1. The number of nitrogens with one attached hydrogen (secondary N) is 2. The van der Waals surface area contributed by atoms with Crippen molar-refractivity contribution in [2.75, 3.05) is 32.4 Å². The molecule has 18 heavy (non-hydrogen) atoms. The Hall–Kier alpha value is -1.56. The van der Waals surface area contributed by atoms with Gasteiger partial charge in [-0.2, -0.15) is 5.10 Å². The minimum Gasteiger partial charge on any atom is -0.382 e. The average Bonchev–Trinajstić information content (AvgIpc) is 2.77. The van der Waals surface area contributed by atoms with Gasteiger partial charge in [-0.15, -0.1) is 0 Å². The zero-order valence-electron chi connectivity index (χ0n) is 11.0. The number of nitrogens with zero attached hydrogens (tertiary/aromatic N) is 2. The first-order valence-electron chi connectivity index (χ1n) is 6.26. The number of hydrogen-bond acceptors (Lipinski definition) is 4. The van der Waals surface area contributed by atoms with E-state index in [1.807, 2.05) is 0 Å². The maximum absolute atomic E-state index is 11.9. The van der Waals surface area contributed by atoms with Crippen molar-refractivity contribution in [2.24, 2.45) is 5.41 Å². The van der Waals surface area contributed by atoms with Crippen LogP contribution in [0.1, 0.15) is 30.3 Å². The Morgan fingerprint density at radius 1 is 1.61 bits per heavy atom. The number of H-pyrrole nitrogens is 1. The molecule has 2 heterocycles. The molecule has 1 aliphatic rings. The van der Waals surface area contributed by atoms with E-state index >= 15 is 0 Å². The van der Waals surface area contributed by atoms with E-state index in [2.05, 4.69) is 34.4 Å². The number of aromatic nitrogens is 2. The highest BCUT2D eigenvalue weighted by Gasteiger charge is 2.29. The molecule has 0 aromatic carbocycles. The number of rotatable bonds is 3. The quantitative estimate of drug-likeness (QED) is 0.728. The largest absolute Gasteiger partial charge is 0.382 e. The summed E-state index contributed by atoms with van der Waals surface area (Å²) in [4.78, 5) is 14.2. The van der Waals surface area contributed by atoms with Crippen LogP contribution in [0.4, 0.5) is 5.82 Å². The molecular weight excluding hydrogens is 230 g/mol. The van der Waals surface area contributed by atoms with Crippen LogP contribution in [0.15, 0.2) is 6.07 Å². The first-order valence-corrected chi connectivity index (χ1v) is 6.26. The Balaban J connectivity index is 1.86. The second kappa shape index (κ2) is 4.97. The second-order valence-electron chi connectivity index (χ2n) is 5.50. The summed E-state index contributed by atoms with van der Waals surface area (Å²) in [5, 5.41) is 9.32. The number of piperidine rings is 1. The predicted octanol–water partition coefficient (Wildman–Crippen LogP) is 0.454. The third kappa shape index (κ3) is 3.01. The standard InChI is InChI=1S/C12H21N5O/c1-12(3-5-17(2)6-4-12)8-14-11(18)9-7-10(13)16-15-9/h7H,3-6,8H2,1-2H3,(H,14,18)(H3,13,15,16). The maximum atomic E-state index is 11.9. The van der Waals surface area contributed by atoms with Crippen LogP contribution in [0.3, 0.4) is 0 Å². The van der Waals surface area contributed by atoms with E-state index in [0.29, 0.717) is 18.1 Å². The normalized spacial score (nSPS) is 19.7. The van der Waals surface area contributed by atoms with E-state index in [0.717, 1.165) is 25.9 Å². The summed E-state index contributed by atoms with van der Waals surface area (Å²) in [6.45, 7) is 5.09. The van der Waals surface area contributed by atoms with Gasteiger partial charge in [-0.05, 0) is 38.4 Å². The maximum Gasteiger partial charge on any atom is 0.269 e. The molecule has 4 N–H and O–H groups in total. The molecule has 1 amide bonds. The van der Waals surface area contributed by atoms with Crippen LogP contribution in [-0.2, 0) is 0 Å². The predicted molar refractivity (Wildman–Crippen MR) is 70.2 cm³/mol. The van der Waals surface area contributed by atoms with Crippen molar-refractivity contribution in [3.63, 3.8) is 0 Å². The third-order valence-electron chi connectivity index (χ3n) is 3.71. The molecule has 1 saturated heterocycles. The molecule has 2 rings (SSSR count). The Kier molecular flexibility index (Phi) is 3.56. The number of aromatic amines is 1. The van der Waals surface area contributed by atoms with Crippen molar-refractivity contribution in [2.45, 2.75) is 19.8 Å². The van der Waals surface area contributed by atoms with E-state index in [1.165, 1.54) is 0 Å². The van der Waals surface area contributed by atoms with Gasteiger partial charge in [0.2, 0.25) is 0 Å². The number of likely N-dealkylation sites (tertiary alicyclic amines) is 1. The zero-order valence-corrected chi connectivity index (χ0v) is 11.0. The fraction of sp³-hybridized carbons (Fsp3) is 0.667.